The molecule has 0 N–H and O–H groups in total. The number of aromatic nitrogens is 3. The van der Waals surface area contributed by atoms with Crippen molar-refractivity contribution in [2.24, 2.45) is 0 Å². The van der Waals surface area contributed by atoms with E-state index in [4.69, 9.17) is 11.6 Å². The van der Waals surface area contributed by atoms with E-state index in [9.17, 15) is 0 Å². The number of rotatable bonds is 1. The maximum atomic E-state index is 6.01. The van der Waals surface area contributed by atoms with Crippen molar-refractivity contribution in [3.63, 3.8) is 0 Å². The average Bonchev–Trinajstić information content (AvgIpc) is 2.45. The third-order valence-corrected chi connectivity index (χ3v) is 3.18. The molecule has 74 valence electrons. The van der Waals surface area contributed by atoms with Crippen LogP contribution in [-0.4, -0.2) is 14.5 Å². The first-order valence-electron chi connectivity index (χ1n) is 4.27. The Morgan fingerprint density at radius 3 is 2.79 bits per heavy atom. The summed E-state index contributed by atoms with van der Waals surface area (Å²) in [6.45, 7) is 4.23. The molecule has 0 atom stereocenters. The lowest BCUT2D eigenvalue weighted by Crippen LogP contribution is -1.99. The molecule has 2 aromatic rings. The highest BCUT2D eigenvalue weighted by Gasteiger charge is 2.13. The number of hydrogen-bond acceptors (Lipinski definition) is 2. The van der Waals surface area contributed by atoms with Crippen molar-refractivity contribution in [3.05, 3.63) is 21.2 Å². The molecule has 5 heteroatoms. The van der Waals surface area contributed by atoms with Gasteiger partial charge in [-0.15, -0.1) is 0 Å². The number of nitrogens with zero attached hydrogens (tertiary/aromatic N) is 3. The van der Waals surface area contributed by atoms with Gasteiger partial charge in [0.25, 0.3) is 0 Å². The summed E-state index contributed by atoms with van der Waals surface area (Å²) in [4.78, 5) is 8.22. The normalized spacial score (nSPS) is 11.5. The Morgan fingerprint density at radius 1 is 1.43 bits per heavy atom. The Bertz CT molecular complexity index is 478. The molecular formula is C9H9ClIN3. The standard InChI is InChI=1S/C9H9ClIN3/c1-5(2)14-3-6(11)7-8(10)12-4-13-9(7)14/h3-5H,1-2H3. The van der Waals surface area contributed by atoms with Gasteiger partial charge < -0.3 is 4.57 Å². The van der Waals surface area contributed by atoms with E-state index >= 15 is 0 Å². The van der Waals surface area contributed by atoms with Crippen LogP contribution in [0.25, 0.3) is 11.0 Å². The van der Waals surface area contributed by atoms with Gasteiger partial charge in [-0.1, -0.05) is 11.6 Å². The van der Waals surface area contributed by atoms with Gasteiger partial charge in [-0.3, -0.25) is 0 Å². The van der Waals surface area contributed by atoms with Crippen LogP contribution in [0.1, 0.15) is 19.9 Å². The van der Waals surface area contributed by atoms with Gasteiger partial charge in [-0.05, 0) is 36.4 Å². The summed E-state index contributed by atoms with van der Waals surface area (Å²) in [6.07, 6.45) is 3.55. The molecule has 0 amide bonds. The van der Waals surface area contributed by atoms with E-state index in [1.807, 2.05) is 0 Å². The fourth-order valence-electron chi connectivity index (χ4n) is 1.40. The fraction of sp³-hybridized carbons (Fsp3) is 0.333. The fourth-order valence-corrected chi connectivity index (χ4v) is 2.58. The summed E-state index contributed by atoms with van der Waals surface area (Å²) >= 11 is 8.26. The van der Waals surface area contributed by atoms with Crippen LogP contribution in [0.5, 0.6) is 0 Å². The lowest BCUT2D eigenvalue weighted by atomic mass is 10.4. The maximum absolute atomic E-state index is 6.01. The van der Waals surface area contributed by atoms with Crippen LogP contribution in [0.4, 0.5) is 0 Å². The van der Waals surface area contributed by atoms with Gasteiger partial charge in [0, 0.05) is 15.8 Å². The Labute approximate surface area is 101 Å². The topological polar surface area (TPSA) is 30.7 Å². The zero-order valence-electron chi connectivity index (χ0n) is 7.83. The van der Waals surface area contributed by atoms with E-state index in [1.165, 1.54) is 6.33 Å². The average molecular weight is 322 g/mol. The molecule has 0 aliphatic rings. The van der Waals surface area contributed by atoms with E-state index in [1.54, 1.807) is 0 Å². The lowest BCUT2D eigenvalue weighted by molar-refractivity contribution is 0.617. The predicted molar refractivity (Wildman–Crippen MR) is 65.6 cm³/mol. The van der Waals surface area contributed by atoms with Gasteiger partial charge >= 0.3 is 0 Å². The van der Waals surface area contributed by atoms with E-state index in [0.29, 0.717) is 11.2 Å². The van der Waals surface area contributed by atoms with E-state index in [2.05, 4.69) is 57.2 Å². The molecule has 3 nitrogen and oxygen atoms in total. The summed E-state index contributed by atoms with van der Waals surface area (Å²) in [5, 5.41) is 1.47. The molecule has 0 bridgehead atoms. The molecule has 0 aromatic carbocycles. The third-order valence-electron chi connectivity index (χ3n) is 2.07. The number of hydrogen-bond donors (Lipinski definition) is 0. The lowest BCUT2D eigenvalue weighted by Gasteiger charge is -2.07. The van der Waals surface area contributed by atoms with Crippen LogP contribution in [-0.2, 0) is 0 Å². The minimum Gasteiger partial charge on any atom is -0.329 e. The molecule has 2 aromatic heterocycles. The third kappa shape index (κ3) is 1.50. The summed E-state index contributed by atoms with van der Waals surface area (Å²) in [5.41, 5.74) is 0.907. The van der Waals surface area contributed by atoms with Crippen LogP contribution in [0.3, 0.4) is 0 Å². The Balaban J connectivity index is 2.84. The van der Waals surface area contributed by atoms with Crippen molar-refractivity contribution in [2.45, 2.75) is 19.9 Å². The first-order chi connectivity index (χ1) is 6.61. The maximum Gasteiger partial charge on any atom is 0.146 e. The van der Waals surface area contributed by atoms with E-state index < -0.39 is 0 Å². The van der Waals surface area contributed by atoms with Crippen LogP contribution in [0.15, 0.2) is 12.5 Å². The highest BCUT2D eigenvalue weighted by atomic mass is 127. The monoisotopic (exact) mass is 321 g/mol. The Kier molecular flexibility index (Phi) is 2.66. The minimum absolute atomic E-state index is 0.381. The van der Waals surface area contributed by atoms with Crippen molar-refractivity contribution in [3.8, 4) is 0 Å². The van der Waals surface area contributed by atoms with Gasteiger partial charge in [0.1, 0.15) is 17.1 Å². The second-order valence-electron chi connectivity index (χ2n) is 3.34. The first kappa shape index (κ1) is 10.2. The van der Waals surface area contributed by atoms with Crippen LogP contribution < -0.4 is 0 Å². The highest BCUT2D eigenvalue weighted by molar-refractivity contribution is 14.1. The summed E-state index contributed by atoms with van der Waals surface area (Å²) < 4.78 is 3.20. The Hall–Kier alpha value is -0.360. The molecular weight excluding hydrogens is 312 g/mol. The molecule has 0 aliphatic heterocycles. The molecule has 0 aliphatic carbocycles. The zero-order chi connectivity index (χ0) is 10.3. The molecule has 0 fully saturated rings. The van der Waals surface area contributed by atoms with E-state index in [-0.39, 0.29) is 0 Å². The van der Waals surface area contributed by atoms with Crippen molar-refractivity contribution >= 4 is 45.2 Å². The molecule has 14 heavy (non-hydrogen) atoms. The first-order valence-corrected chi connectivity index (χ1v) is 5.73. The highest BCUT2D eigenvalue weighted by Crippen LogP contribution is 2.28. The summed E-state index contributed by atoms with van der Waals surface area (Å²) in [5.74, 6) is 0. The van der Waals surface area contributed by atoms with Gasteiger partial charge in [-0.25, -0.2) is 9.97 Å². The second kappa shape index (κ2) is 3.66. The predicted octanol–water partition coefficient (Wildman–Crippen LogP) is 3.27. The van der Waals surface area contributed by atoms with Crippen LogP contribution in [0.2, 0.25) is 5.15 Å². The van der Waals surface area contributed by atoms with Crippen molar-refractivity contribution < 1.29 is 0 Å². The Morgan fingerprint density at radius 2 is 2.14 bits per heavy atom. The largest absolute Gasteiger partial charge is 0.329 e. The van der Waals surface area contributed by atoms with Crippen molar-refractivity contribution in [2.75, 3.05) is 0 Å². The van der Waals surface area contributed by atoms with Crippen molar-refractivity contribution in [1.82, 2.24) is 14.5 Å². The van der Waals surface area contributed by atoms with E-state index in [0.717, 1.165) is 14.6 Å². The molecule has 0 radical (unpaired) electrons. The summed E-state index contributed by atoms with van der Waals surface area (Å²) in [7, 11) is 0. The van der Waals surface area contributed by atoms with Crippen LogP contribution >= 0.6 is 34.2 Å². The van der Waals surface area contributed by atoms with Gasteiger partial charge in [0.15, 0.2) is 0 Å². The number of halogens is 2. The zero-order valence-corrected chi connectivity index (χ0v) is 10.7. The smallest absolute Gasteiger partial charge is 0.146 e. The molecule has 0 unspecified atom stereocenters. The minimum atomic E-state index is 0.381. The van der Waals surface area contributed by atoms with Crippen LogP contribution in [0, 0.1) is 3.57 Å². The van der Waals surface area contributed by atoms with Gasteiger partial charge in [0.05, 0.1) is 5.39 Å². The second-order valence-corrected chi connectivity index (χ2v) is 4.86. The molecule has 2 rings (SSSR count). The molecule has 0 saturated heterocycles. The molecule has 0 saturated carbocycles. The number of fused-ring (bicyclic) bond motifs is 1. The van der Waals surface area contributed by atoms with Gasteiger partial charge in [0.2, 0.25) is 0 Å². The molecule has 2 heterocycles. The van der Waals surface area contributed by atoms with Crippen molar-refractivity contribution in [1.29, 1.82) is 0 Å². The molecule has 0 spiro atoms. The summed E-state index contributed by atoms with van der Waals surface area (Å²) in [6, 6.07) is 0.381. The SMILES string of the molecule is CC(C)n1cc(I)c2c(Cl)ncnc21. The van der Waals surface area contributed by atoms with Gasteiger partial charge in [-0.2, -0.15) is 0 Å². The quantitative estimate of drug-likeness (QED) is 0.596.